The molecular formula is C34H32ClNO7. The first kappa shape index (κ1) is 30.1. The highest BCUT2D eigenvalue weighted by atomic mass is 35.5. The lowest BCUT2D eigenvalue weighted by atomic mass is 10.1. The van der Waals surface area contributed by atoms with Crippen LogP contribution >= 0.6 is 11.6 Å². The van der Waals surface area contributed by atoms with Gasteiger partial charge in [-0.3, -0.25) is 0 Å². The first-order chi connectivity index (χ1) is 20.8. The van der Waals surface area contributed by atoms with E-state index < -0.39 is 23.8 Å². The third-order valence-electron chi connectivity index (χ3n) is 6.91. The Hall–Kier alpha value is -4.37. The number of carbonyl (C=O) groups excluding carboxylic acids is 2. The monoisotopic (exact) mass is 601 g/mol. The molecule has 0 saturated heterocycles. The van der Waals surface area contributed by atoms with E-state index in [1.54, 1.807) is 54.6 Å². The van der Waals surface area contributed by atoms with Crippen LogP contribution in [0.4, 0.5) is 0 Å². The van der Waals surface area contributed by atoms with Crippen molar-refractivity contribution in [1.82, 2.24) is 5.32 Å². The Balaban J connectivity index is 1.27. The Morgan fingerprint density at radius 1 is 0.791 bits per heavy atom. The quantitative estimate of drug-likeness (QED) is 0.161. The molecule has 0 bridgehead atoms. The van der Waals surface area contributed by atoms with Gasteiger partial charge in [-0.1, -0.05) is 90.5 Å². The molecule has 4 aromatic carbocycles. The van der Waals surface area contributed by atoms with Crippen molar-refractivity contribution in [3.05, 3.63) is 130 Å². The van der Waals surface area contributed by atoms with Gasteiger partial charge in [0.25, 0.3) is 0 Å². The van der Waals surface area contributed by atoms with E-state index in [1.807, 2.05) is 55.5 Å². The average Bonchev–Trinajstić information content (AvgIpc) is 3.42. The first-order valence-corrected chi connectivity index (χ1v) is 14.3. The Bertz CT molecular complexity index is 1490. The summed E-state index contributed by atoms with van der Waals surface area (Å²) in [5, 5.41) is 14.4. The molecule has 0 unspecified atom stereocenters. The number of benzene rings is 4. The Morgan fingerprint density at radius 3 is 2.00 bits per heavy atom. The van der Waals surface area contributed by atoms with Crippen LogP contribution in [-0.2, 0) is 38.7 Å². The molecule has 2 N–H and O–H groups in total. The molecule has 0 aliphatic carbocycles. The summed E-state index contributed by atoms with van der Waals surface area (Å²) in [5.41, 5.74) is 3.07. The molecule has 0 amide bonds. The van der Waals surface area contributed by atoms with E-state index in [4.69, 9.17) is 30.5 Å². The summed E-state index contributed by atoms with van der Waals surface area (Å²) < 4.78 is 22.8. The number of rotatable bonds is 12. The fraction of sp³-hybridized carbons (Fsp3) is 0.235. The highest BCUT2D eigenvalue weighted by molar-refractivity contribution is 6.30. The predicted octanol–water partition coefficient (Wildman–Crippen LogP) is 5.55. The van der Waals surface area contributed by atoms with E-state index in [9.17, 15) is 14.7 Å². The molecule has 5 rings (SSSR count). The van der Waals surface area contributed by atoms with Gasteiger partial charge in [-0.15, -0.1) is 0 Å². The molecule has 0 radical (unpaired) electrons. The molecule has 1 aliphatic heterocycles. The van der Waals surface area contributed by atoms with Gasteiger partial charge in [-0.05, 0) is 59.9 Å². The molecule has 1 heterocycles. The van der Waals surface area contributed by atoms with E-state index in [-0.39, 0.29) is 30.8 Å². The van der Waals surface area contributed by atoms with E-state index in [0.29, 0.717) is 18.0 Å². The van der Waals surface area contributed by atoms with Gasteiger partial charge in [0.05, 0.1) is 6.10 Å². The molecule has 4 aromatic rings. The van der Waals surface area contributed by atoms with Crippen molar-refractivity contribution in [3.63, 3.8) is 0 Å². The smallest absolute Gasteiger partial charge is 0.453 e. The number of carbonyl (C=O) groups is 2. The zero-order valence-corrected chi connectivity index (χ0v) is 24.3. The van der Waals surface area contributed by atoms with E-state index in [1.165, 1.54) is 0 Å². The Labute approximate surface area is 255 Å². The average molecular weight is 602 g/mol. The second-order valence-electron chi connectivity index (χ2n) is 10.3. The molecule has 0 spiro atoms. The number of hydrogen-bond acceptors (Lipinski definition) is 8. The van der Waals surface area contributed by atoms with Crippen LogP contribution in [0.1, 0.15) is 35.3 Å². The Kier molecular flexibility index (Phi) is 9.61. The fourth-order valence-electron chi connectivity index (χ4n) is 4.63. The number of aliphatic hydroxyl groups excluding tert-OH is 1. The van der Waals surface area contributed by atoms with Gasteiger partial charge in [0, 0.05) is 17.6 Å². The molecule has 9 heteroatoms. The van der Waals surface area contributed by atoms with Crippen molar-refractivity contribution >= 4 is 23.5 Å². The minimum absolute atomic E-state index is 0.0226. The van der Waals surface area contributed by atoms with Crippen molar-refractivity contribution in [2.24, 2.45) is 0 Å². The number of fused-ring (bicyclic) bond motifs is 1. The maximum atomic E-state index is 13.4. The van der Waals surface area contributed by atoms with Crippen LogP contribution in [0.3, 0.4) is 0 Å². The highest BCUT2D eigenvalue weighted by Crippen LogP contribution is 2.41. The molecule has 222 valence electrons. The van der Waals surface area contributed by atoms with Gasteiger partial charge in [-0.2, -0.15) is 0 Å². The van der Waals surface area contributed by atoms with Gasteiger partial charge < -0.3 is 29.4 Å². The highest BCUT2D eigenvalue weighted by Gasteiger charge is 2.60. The van der Waals surface area contributed by atoms with Crippen molar-refractivity contribution in [2.45, 2.75) is 44.5 Å². The number of hydrogen-bond donors (Lipinski definition) is 2. The summed E-state index contributed by atoms with van der Waals surface area (Å²) in [6.07, 6.45) is -0.148. The van der Waals surface area contributed by atoms with Crippen molar-refractivity contribution in [1.29, 1.82) is 0 Å². The van der Waals surface area contributed by atoms with Gasteiger partial charge >= 0.3 is 17.7 Å². The van der Waals surface area contributed by atoms with Crippen molar-refractivity contribution < 1.29 is 33.6 Å². The largest absolute Gasteiger partial charge is 0.455 e. The number of aliphatic hydroxyl groups is 1. The van der Waals surface area contributed by atoms with Crippen LogP contribution in [0.5, 0.6) is 11.5 Å². The molecular weight excluding hydrogens is 570 g/mol. The second-order valence-corrected chi connectivity index (χ2v) is 10.7. The lowest BCUT2D eigenvalue weighted by Gasteiger charge is -2.23. The van der Waals surface area contributed by atoms with Crippen LogP contribution in [-0.4, -0.2) is 35.4 Å². The van der Waals surface area contributed by atoms with Crippen LogP contribution in [0.2, 0.25) is 5.02 Å². The zero-order chi connectivity index (χ0) is 30.2. The molecule has 0 fully saturated rings. The standard InChI is InChI=1S/C34H32ClNO7/c1-23(36-20-29(37)27-13-8-14-28(35)19-27)17-26-15-16-30-31(18-26)43-34(42-30,32(38)40-21-24-9-4-2-5-10-24)33(39)41-22-25-11-6-3-7-12-25/h2-16,18-19,23,29,36-37H,17,20-22H2,1H3/t23-,29+/m1/s1. The first-order valence-electron chi connectivity index (χ1n) is 13.9. The minimum atomic E-state index is -2.45. The number of ether oxygens (including phenoxy) is 4. The SMILES string of the molecule is C[C@H](Cc1ccc2c(c1)OC(C(=O)OCc1ccccc1)(C(=O)OCc1ccccc1)O2)NC[C@H](O)c1cccc(Cl)c1. The van der Waals surface area contributed by atoms with Crippen LogP contribution < -0.4 is 14.8 Å². The summed E-state index contributed by atoms with van der Waals surface area (Å²) in [4.78, 5) is 26.8. The Morgan fingerprint density at radius 2 is 1.40 bits per heavy atom. The zero-order valence-electron chi connectivity index (χ0n) is 23.6. The summed E-state index contributed by atoms with van der Waals surface area (Å²) in [5.74, 6) is -4.05. The lowest BCUT2D eigenvalue weighted by Crippen LogP contribution is -2.55. The number of esters is 2. The molecule has 0 saturated carbocycles. The van der Waals surface area contributed by atoms with Crippen molar-refractivity contribution in [2.75, 3.05) is 6.54 Å². The van der Waals surface area contributed by atoms with E-state index >= 15 is 0 Å². The van der Waals surface area contributed by atoms with Gasteiger partial charge in [0.2, 0.25) is 0 Å². The molecule has 8 nitrogen and oxygen atoms in total. The minimum Gasteiger partial charge on any atom is -0.455 e. The fourth-order valence-corrected chi connectivity index (χ4v) is 4.83. The summed E-state index contributed by atoms with van der Waals surface area (Å²) in [7, 11) is 0. The molecule has 1 aliphatic rings. The molecule has 43 heavy (non-hydrogen) atoms. The van der Waals surface area contributed by atoms with Gasteiger partial charge in [-0.25, -0.2) is 9.59 Å². The third-order valence-corrected chi connectivity index (χ3v) is 7.15. The topological polar surface area (TPSA) is 103 Å². The van der Waals surface area contributed by atoms with Gasteiger partial charge in [0.15, 0.2) is 11.5 Å². The molecule has 0 aromatic heterocycles. The second kappa shape index (κ2) is 13.7. The lowest BCUT2D eigenvalue weighted by molar-refractivity contribution is -0.204. The third kappa shape index (κ3) is 7.53. The van der Waals surface area contributed by atoms with E-state index in [0.717, 1.165) is 22.3 Å². The summed E-state index contributed by atoms with van der Waals surface area (Å²) in [6, 6.07) is 30.5. The van der Waals surface area contributed by atoms with Crippen LogP contribution in [0, 0.1) is 0 Å². The summed E-state index contributed by atoms with van der Waals surface area (Å²) in [6.45, 7) is 2.16. The normalized spacial score (nSPS) is 14.5. The van der Waals surface area contributed by atoms with Crippen molar-refractivity contribution in [3.8, 4) is 11.5 Å². The van der Waals surface area contributed by atoms with Gasteiger partial charge in [0.1, 0.15) is 13.2 Å². The van der Waals surface area contributed by atoms with E-state index in [2.05, 4.69) is 5.32 Å². The number of halogens is 1. The predicted molar refractivity (Wildman–Crippen MR) is 160 cm³/mol. The van der Waals surface area contributed by atoms with Crippen LogP contribution in [0.25, 0.3) is 0 Å². The summed E-state index contributed by atoms with van der Waals surface area (Å²) >= 11 is 6.04. The maximum Gasteiger partial charge on any atom is 0.453 e. The van der Waals surface area contributed by atoms with Crippen LogP contribution in [0.15, 0.2) is 103 Å². The number of nitrogens with one attached hydrogen (secondary N) is 1. The maximum absolute atomic E-state index is 13.4. The molecule has 2 atom stereocenters.